The second-order valence-electron chi connectivity index (χ2n) is 13.0. The highest BCUT2D eigenvalue weighted by Gasteiger charge is 2.47. The Hall–Kier alpha value is -5.96. The zero-order valence-corrected chi connectivity index (χ0v) is 29.5. The Morgan fingerprint density at radius 3 is 1.55 bits per heavy atom. The fraction of sp³-hybridized carbons (Fsp3) is 0.0204. The van der Waals surface area contributed by atoms with Gasteiger partial charge in [0.05, 0.1) is 11.1 Å². The van der Waals surface area contributed by atoms with Crippen molar-refractivity contribution in [2.24, 2.45) is 0 Å². The molecule has 0 heterocycles. The van der Waals surface area contributed by atoms with Crippen LogP contribution < -0.4 is 4.90 Å². The molecule has 0 atom stereocenters. The molecule has 0 radical (unpaired) electrons. The highest BCUT2D eigenvalue weighted by atomic mass is 79.9. The topological polar surface area (TPSA) is 3.24 Å². The molecular formula is C49H34BrN. The lowest BCUT2D eigenvalue weighted by atomic mass is 9.68. The van der Waals surface area contributed by atoms with E-state index in [0.717, 1.165) is 21.5 Å². The normalized spacial score (nSPS) is 12.6. The van der Waals surface area contributed by atoms with Crippen molar-refractivity contribution in [2.45, 2.75) is 5.41 Å². The molecule has 242 valence electrons. The van der Waals surface area contributed by atoms with E-state index in [1.54, 1.807) is 0 Å². The van der Waals surface area contributed by atoms with Crippen molar-refractivity contribution in [3.8, 4) is 33.4 Å². The van der Waals surface area contributed by atoms with Gasteiger partial charge in [0.15, 0.2) is 0 Å². The number of benzene rings is 8. The first-order chi connectivity index (χ1) is 25.2. The maximum Gasteiger partial charge on any atom is 0.0714 e. The van der Waals surface area contributed by atoms with Crippen molar-refractivity contribution in [2.75, 3.05) is 4.90 Å². The summed E-state index contributed by atoms with van der Waals surface area (Å²) in [7, 11) is 0. The van der Waals surface area contributed by atoms with E-state index in [1.807, 2.05) is 0 Å². The molecule has 0 saturated heterocycles. The summed E-state index contributed by atoms with van der Waals surface area (Å²) in [5.74, 6) is 0. The van der Waals surface area contributed by atoms with Crippen LogP contribution in [0, 0.1) is 0 Å². The van der Waals surface area contributed by atoms with Gasteiger partial charge in [0.2, 0.25) is 0 Å². The van der Waals surface area contributed by atoms with E-state index in [9.17, 15) is 0 Å². The minimum absolute atomic E-state index is 0.479. The van der Waals surface area contributed by atoms with Gasteiger partial charge in [-0.1, -0.05) is 180 Å². The molecular weight excluding hydrogens is 682 g/mol. The maximum absolute atomic E-state index is 3.59. The van der Waals surface area contributed by atoms with Gasteiger partial charge in [0.25, 0.3) is 0 Å². The van der Waals surface area contributed by atoms with E-state index in [1.165, 1.54) is 55.6 Å². The average Bonchev–Trinajstić information content (AvgIpc) is 3.51. The van der Waals surface area contributed by atoms with Gasteiger partial charge in [-0.05, 0) is 92.5 Å². The van der Waals surface area contributed by atoms with Crippen LogP contribution >= 0.6 is 15.9 Å². The SMILES string of the molecule is Brc1ccc(-c2ccc(N(c3cccc(-c4ccccc4)c3)c3cccc4c3-c3ccccc3C4(c3ccccc3)c3ccccc3)cc2)cc1. The molecule has 0 aliphatic heterocycles. The highest BCUT2D eigenvalue weighted by Crippen LogP contribution is 2.59. The van der Waals surface area contributed by atoms with Crippen LogP contribution in [0.1, 0.15) is 22.3 Å². The third kappa shape index (κ3) is 5.31. The Labute approximate surface area is 308 Å². The van der Waals surface area contributed by atoms with Crippen molar-refractivity contribution in [1.29, 1.82) is 0 Å². The molecule has 1 aliphatic carbocycles. The van der Waals surface area contributed by atoms with Gasteiger partial charge in [0, 0.05) is 21.4 Å². The first-order valence-electron chi connectivity index (χ1n) is 17.4. The molecule has 51 heavy (non-hydrogen) atoms. The maximum atomic E-state index is 3.59. The van der Waals surface area contributed by atoms with Crippen LogP contribution in [0.5, 0.6) is 0 Å². The van der Waals surface area contributed by atoms with Crippen LogP contribution in [-0.4, -0.2) is 0 Å². The van der Waals surface area contributed by atoms with Crippen LogP contribution in [0.2, 0.25) is 0 Å². The van der Waals surface area contributed by atoms with E-state index in [-0.39, 0.29) is 0 Å². The van der Waals surface area contributed by atoms with Gasteiger partial charge in [-0.3, -0.25) is 0 Å². The zero-order chi connectivity index (χ0) is 34.2. The fourth-order valence-corrected chi connectivity index (χ4v) is 8.25. The summed E-state index contributed by atoms with van der Waals surface area (Å²) in [4.78, 5) is 2.44. The number of rotatable bonds is 7. The van der Waals surface area contributed by atoms with Crippen LogP contribution in [0.15, 0.2) is 211 Å². The van der Waals surface area contributed by atoms with Gasteiger partial charge < -0.3 is 4.90 Å². The minimum atomic E-state index is -0.479. The molecule has 0 aromatic heterocycles. The molecule has 0 unspecified atom stereocenters. The Bertz CT molecular complexity index is 2410. The van der Waals surface area contributed by atoms with Gasteiger partial charge in [-0.2, -0.15) is 0 Å². The first-order valence-corrected chi connectivity index (χ1v) is 18.2. The Balaban J connectivity index is 1.31. The van der Waals surface area contributed by atoms with Crippen molar-refractivity contribution in [3.63, 3.8) is 0 Å². The number of anilines is 3. The quantitative estimate of drug-likeness (QED) is 0.159. The average molecular weight is 717 g/mol. The van der Waals surface area contributed by atoms with Crippen molar-refractivity contribution in [3.05, 3.63) is 233 Å². The Morgan fingerprint density at radius 2 is 0.882 bits per heavy atom. The summed E-state index contributed by atoms with van der Waals surface area (Å²) < 4.78 is 1.08. The predicted molar refractivity (Wildman–Crippen MR) is 217 cm³/mol. The van der Waals surface area contributed by atoms with Crippen LogP contribution in [0.25, 0.3) is 33.4 Å². The van der Waals surface area contributed by atoms with E-state index in [0.29, 0.717) is 0 Å². The molecule has 0 amide bonds. The summed E-state index contributed by atoms with van der Waals surface area (Å²) in [6.45, 7) is 0. The molecule has 8 aromatic carbocycles. The molecule has 0 N–H and O–H groups in total. The van der Waals surface area contributed by atoms with Gasteiger partial charge in [-0.15, -0.1) is 0 Å². The smallest absolute Gasteiger partial charge is 0.0714 e. The molecule has 8 aromatic rings. The Kier molecular flexibility index (Phi) is 7.95. The highest BCUT2D eigenvalue weighted by molar-refractivity contribution is 9.10. The largest absolute Gasteiger partial charge is 0.310 e. The standard InChI is InChI=1S/C49H34BrN/c50-41-30-26-36(27-31-41)37-28-32-42(33-29-37)51(43-21-12-16-38(34-43)35-14-4-1-5-15-35)47-25-13-24-46-48(47)44-22-10-11-23-45(44)49(46,39-17-6-2-7-18-39)40-19-8-3-9-20-40/h1-34H. The number of hydrogen-bond acceptors (Lipinski definition) is 1. The summed E-state index contributed by atoms with van der Waals surface area (Å²) in [5.41, 5.74) is 15.2. The number of halogens is 1. The summed E-state index contributed by atoms with van der Waals surface area (Å²) in [6, 6.07) is 75.0. The lowest BCUT2D eigenvalue weighted by Crippen LogP contribution is -2.28. The molecule has 0 spiro atoms. The molecule has 1 aliphatic rings. The predicted octanol–water partition coefficient (Wildman–Crippen LogP) is 13.6. The van der Waals surface area contributed by atoms with Crippen LogP contribution in [0.3, 0.4) is 0 Å². The Morgan fingerprint density at radius 1 is 0.373 bits per heavy atom. The first kappa shape index (κ1) is 31.1. The van der Waals surface area contributed by atoms with Crippen LogP contribution in [0.4, 0.5) is 17.1 Å². The lowest BCUT2D eigenvalue weighted by molar-refractivity contribution is 0.768. The molecule has 1 nitrogen and oxygen atoms in total. The summed E-state index contributed by atoms with van der Waals surface area (Å²) in [5, 5.41) is 0. The van der Waals surface area contributed by atoms with Gasteiger partial charge >= 0.3 is 0 Å². The van der Waals surface area contributed by atoms with E-state index in [2.05, 4.69) is 227 Å². The summed E-state index contributed by atoms with van der Waals surface area (Å²) >= 11 is 3.59. The molecule has 9 rings (SSSR count). The third-order valence-electron chi connectivity index (χ3n) is 10.2. The molecule has 0 fully saturated rings. The third-order valence-corrected chi connectivity index (χ3v) is 10.7. The number of hydrogen-bond donors (Lipinski definition) is 0. The second kappa shape index (κ2) is 13.1. The number of fused-ring (bicyclic) bond motifs is 3. The van der Waals surface area contributed by atoms with E-state index >= 15 is 0 Å². The zero-order valence-electron chi connectivity index (χ0n) is 28.0. The van der Waals surface area contributed by atoms with Gasteiger partial charge in [0.1, 0.15) is 0 Å². The molecule has 2 heteroatoms. The van der Waals surface area contributed by atoms with E-state index in [4.69, 9.17) is 0 Å². The summed E-state index contributed by atoms with van der Waals surface area (Å²) in [6.07, 6.45) is 0. The number of nitrogens with zero attached hydrogens (tertiary/aromatic N) is 1. The van der Waals surface area contributed by atoms with Crippen molar-refractivity contribution < 1.29 is 0 Å². The molecule has 0 saturated carbocycles. The van der Waals surface area contributed by atoms with Crippen molar-refractivity contribution >= 4 is 33.0 Å². The fourth-order valence-electron chi connectivity index (χ4n) is 7.99. The van der Waals surface area contributed by atoms with Gasteiger partial charge in [-0.25, -0.2) is 0 Å². The van der Waals surface area contributed by atoms with E-state index < -0.39 is 5.41 Å². The lowest BCUT2D eigenvalue weighted by Gasteiger charge is -2.34. The second-order valence-corrected chi connectivity index (χ2v) is 13.9. The monoisotopic (exact) mass is 715 g/mol. The van der Waals surface area contributed by atoms with Crippen LogP contribution in [-0.2, 0) is 5.41 Å². The van der Waals surface area contributed by atoms with Crippen molar-refractivity contribution in [1.82, 2.24) is 0 Å². The molecule has 0 bridgehead atoms. The minimum Gasteiger partial charge on any atom is -0.310 e.